The van der Waals surface area contributed by atoms with Gasteiger partial charge in [0, 0.05) is 37.6 Å². The van der Waals surface area contributed by atoms with E-state index in [4.69, 9.17) is 16.3 Å². The molecule has 0 aromatic heterocycles. The number of halogens is 1. The van der Waals surface area contributed by atoms with Crippen molar-refractivity contribution in [3.05, 3.63) is 113 Å². The van der Waals surface area contributed by atoms with Crippen LogP contribution in [0.15, 0.2) is 91.0 Å². The van der Waals surface area contributed by atoms with Crippen molar-refractivity contribution in [2.45, 2.75) is 44.4 Å². The molecule has 1 fully saturated rings. The van der Waals surface area contributed by atoms with Crippen LogP contribution in [0, 0.1) is 0 Å². The van der Waals surface area contributed by atoms with Crippen LogP contribution in [-0.2, 0) is 0 Å². The number of piperazine rings is 1. The Balaban J connectivity index is 1.35. The lowest BCUT2D eigenvalue weighted by molar-refractivity contribution is 0.00694. The lowest BCUT2D eigenvalue weighted by atomic mass is 9.93. The number of rotatable bonds is 10. The molecule has 39 heavy (non-hydrogen) atoms. The first kappa shape index (κ1) is 27.7. The van der Waals surface area contributed by atoms with Crippen LogP contribution in [0.5, 0.6) is 5.75 Å². The van der Waals surface area contributed by atoms with Gasteiger partial charge in [-0.25, -0.2) is 0 Å². The molecule has 0 amide bonds. The molecule has 0 bridgehead atoms. The van der Waals surface area contributed by atoms with E-state index in [0.717, 1.165) is 61.8 Å². The SMILES string of the molecule is CCCCC(C(O)c1ccc2c(Cl)c(OC)ccc2c1)N1CCN(C(c2ccccc2)c2ccccc2)CC1. The third-order valence-electron chi connectivity index (χ3n) is 8.14. The smallest absolute Gasteiger partial charge is 0.138 e. The average molecular weight is 543 g/mol. The second kappa shape index (κ2) is 13.0. The fourth-order valence-electron chi connectivity index (χ4n) is 6.02. The summed E-state index contributed by atoms with van der Waals surface area (Å²) in [7, 11) is 1.63. The first-order valence-corrected chi connectivity index (χ1v) is 14.5. The molecular weight excluding hydrogens is 504 g/mol. The minimum atomic E-state index is -0.563. The van der Waals surface area contributed by atoms with Crippen molar-refractivity contribution < 1.29 is 9.84 Å². The molecule has 0 aliphatic carbocycles. The molecule has 1 saturated heterocycles. The third kappa shape index (κ3) is 6.15. The van der Waals surface area contributed by atoms with Gasteiger partial charge >= 0.3 is 0 Å². The Bertz CT molecular complexity index is 1300. The minimum Gasteiger partial charge on any atom is -0.495 e. The van der Waals surface area contributed by atoms with Crippen molar-refractivity contribution in [2.24, 2.45) is 0 Å². The normalized spacial score (nSPS) is 16.4. The standard InChI is InChI=1S/C34H39ClN2O2/c1-3-4-15-30(34(38)28-16-18-29-27(24-28)17-19-31(39-2)32(29)35)36-20-22-37(23-21-36)33(25-11-7-5-8-12-25)26-13-9-6-10-14-26/h5-14,16-19,24,30,33-34,38H,3-4,15,20-23H2,1-2H3. The van der Waals surface area contributed by atoms with E-state index in [9.17, 15) is 5.11 Å². The number of hydrogen-bond acceptors (Lipinski definition) is 4. The van der Waals surface area contributed by atoms with Gasteiger partial charge in [-0.15, -0.1) is 0 Å². The Morgan fingerprint density at radius 1 is 0.795 bits per heavy atom. The first-order valence-electron chi connectivity index (χ1n) is 14.1. The number of aliphatic hydroxyl groups excluding tert-OH is 1. The summed E-state index contributed by atoms with van der Waals surface area (Å²) in [5.41, 5.74) is 3.59. The van der Waals surface area contributed by atoms with Gasteiger partial charge < -0.3 is 9.84 Å². The van der Waals surface area contributed by atoms with Crippen LogP contribution >= 0.6 is 11.6 Å². The molecule has 4 nitrogen and oxygen atoms in total. The molecule has 0 spiro atoms. The molecule has 2 unspecified atom stereocenters. The Hall–Kier alpha value is -2.89. The highest BCUT2D eigenvalue weighted by atomic mass is 35.5. The summed E-state index contributed by atoms with van der Waals surface area (Å²) in [6.07, 6.45) is 2.61. The van der Waals surface area contributed by atoms with Gasteiger partial charge in [-0.1, -0.05) is 110 Å². The van der Waals surface area contributed by atoms with Crippen molar-refractivity contribution in [3.8, 4) is 5.75 Å². The van der Waals surface area contributed by atoms with Crippen LogP contribution in [-0.4, -0.2) is 54.2 Å². The highest BCUT2D eigenvalue weighted by Gasteiger charge is 2.32. The van der Waals surface area contributed by atoms with Crippen LogP contribution in [0.3, 0.4) is 0 Å². The topological polar surface area (TPSA) is 35.9 Å². The zero-order chi connectivity index (χ0) is 27.2. The minimum absolute atomic E-state index is 0.0742. The highest BCUT2D eigenvalue weighted by Crippen LogP contribution is 2.36. The van der Waals surface area contributed by atoms with Gasteiger partial charge in [-0.2, -0.15) is 0 Å². The number of nitrogens with zero attached hydrogens (tertiary/aromatic N) is 2. The average Bonchev–Trinajstić information content (AvgIpc) is 2.99. The molecule has 1 N–H and O–H groups in total. The van der Waals surface area contributed by atoms with E-state index in [1.165, 1.54) is 11.1 Å². The van der Waals surface area contributed by atoms with Crippen LogP contribution in [0.1, 0.15) is 55.0 Å². The first-order chi connectivity index (χ1) is 19.1. The van der Waals surface area contributed by atoms with Gasteiger partial charge in [0.05, 0.1) is 24.3 Å². The molecule has 4 aromatic carbocycles. The summed E-state index contributed by atoms with van der Waals surface area (Å²) in [6.45, 7) is 5.99. The fourth-order valence-corrected chi connectivity index (χ4v) is 6.33. The molecule has 5 heteroatoms. The van der Waals surface area contributed by atoms with Gasteiger partial charge in [-0.3, -0.25) is 9.80 Å². The summed E-state index contributed by atoms with van der Waals surface area (Å²) in [5, 5.41) is 14.3. The van der Waals surface area contributed by atoms with Crippen molar-refractivity contribution >= 4 is 22.4 Å². The molecule has 4 aromatic rings. The lowest BCUT2D eigenvalue weighted by Gasteiger charge is -2.44. The van der Waals surface area contributed by atoms with E-state index in [0.29, 0.717) is 10.8 Å². The molecule has 204 valence electrons. The number of benzene rings is 4. The Labute approximate surface area is 237 Å². The quantitative estimate of drug-likeness (QED) is 0.225. The van der Waals surface area contributed by atoms with E-state index in [2.05, 4.69) is 83.5 Å². The van der Waals surface area contributed by atoms with Crippen molar-refractivity contribution in [3.63, 3.8) is 0 Å². The van der Waals surface area contributed by atoms with Crippen LogP contribution in [0.2, 0.25) is 5.02 Å². The predicted octanol–water partition coefficient (Wildman–Crippen LogP) is 7.50. The molecule has 1 heterocycles. The Kier molecular flexibility index (Phi) is 9.21. The Morgan fingerprint density at radius 2 is 1.41 bits per heavy atom. The van der Waals surface area contributed by atoms with Crippen LogP contribution in [0.4, 0.5) is 0 Å². The maximum Gasteiger partial charge on any atom is 0.138 e. The number of unbranched alkanes of at least 4 members (excludes halogenated alkanes) is 1. The maximum absolute atomic E-state index is 11.7. The van der Waals surface area contributed by atoms with E-state index in [1.54, 1.807) is 7.11 Å². The number of hydrogen-bond donors (Lipinski definition) is 1. The number of fused-ring (bicyclic) bond motifs is 1. The van der Waals surface area contributed by atoms with Gasteiger partial charge in [0.25, 0.3) is 0 Å². The lowest BCUT2D eigenvalue weighted by Crippen LogP contribution is -2.52. The zero-order valence-electron chi connectivity index (χ0n) is 23.0. The summed E-state index contributed by atoms with van der Waals surface area (Å²) >= 11 is 6.55. The number of aliphatic hydroxyl groups is 1. The molecule has 1 aliphatic rings. The Morgan fingerprint density at radius 3 is 2.00 bits per heavy atom. The van der Waals surface area contributed by atoms with E-state index < -0.39 is 6.10 Å². The molecule has 0 saturated carbocycles. The van der Waals surface area contributed by atoms with Crippen molar-refractivity contribution in [1.82, 2.24) is 9.80 Å². The highest BCUT2D eigenvalue weighted by molar-refractivity contribution is 6.37. The predicted molar refractivity (Wildman–Crippen MR) is 162 cm³/mol. The van der Waals surface area contributed by atoms with Gasteiger partial charge in [-0.05, 0) is 40.6 Å². The second-order valence-electron chi connectivity index (χ2n) is 10.5. The largest absolute Gasteiger partial charge is 0.495 e. The summed E-state index contributed by atoms with van der Waals surface area (Å²) < 4.78 is 5.38. The van der Waals surface area contributed by atoms with Crippen LogP contribution < -0.4 is 4.74 Å². The molecular formula is C34H39ClN2O2. The van der Waals surface area contributed by atoms with Crippen LogP contribution in [0.25, 0.3) is 10.8 Å². The van der Waals surface area contributed by atoms with E-state index >= 15 is 0 Å². The van der Waals surface area contributed by atoms with E-state index in [1.807, 2.05) is 24.3 Å². The third-order valence-corrected chi connectivity index (χ3v) is 8.53. The monoisotopic (exact) mass is 542 g/mol. The van der Waals surface area contributed by atoms with Gasteiger partial charge in [0.1, 0.15) is 5.75 Å². The van der Waals surface area contributed by atoms with E-state index in [-0.39, 0.29) is 12.1 Å². The molecule has 0 radical (unpaired) electrons. The summed E-state index contributed by atoms with van der Waals surface area (Å²) in [4.78, 5) is 5.10. The van der Waals surface area contributed by atoms with Gasteiger partial charge in [0.2, 0.25) is 0 Å². The van der Waals surface area contributed by atoms with Crippen molar-refractivity contribution in [1.29, 1.82) is 0 Å². The number of ether oxygens (including phenoxy) is 1. The van der Waals surface area contributed by atoms with Crippen molar-refractivity contribution in [2.75, 3.05) is 33.3 Å². The number of methoxy groups -OCH3 is 1. The molecule has 5 rings (SSSR count). The summed E-state index contributed by atoms with van der Waals surface area (Å²) in [6, 6.07) is 32.0. The fraction of sp³-hybridized carbons (Fsp3) is 0.353. The summed E-state index contributed by atoms with van der Waals surface area (Å²) in [5.74, 6) is 0.667. The zero-order valence-corrected chi connectivity index (χ0v) is 23.7. The maximum atomic E-state index is 11.7. The molecule has 1 aliphatic heterocycles. The second-order valence-corrected chi connectivity index (χ2v) is 10.9. The molecule has 2 atom stereocenters. The van der Waals surface area contributed by atoms with Gasteiger partial charge in [0.15, 0.2) is 0 Å².